The number of aldehydes is 1. The zero-order valence-corrected chi connectivity index (χ0v) is 14.2. The van der Waals surface area contributed by atoms with Crippen LogP contribution in [-0.2, 0) is 11.3 Å². The molecule has 6 heteroatoms. The summed E-state index contributed by atoms with van der Waals surface area (Å²) in [7, 11) is 1.21. The Bertz CT molecular complexity index is 1260. The molecule has 2 aromatic heterocycles. The normalized spacial score (nSPS) is 11.3. The first kappa shape index (κ1) is 16.1. The SMILES string of the molecule is CCn1c2ccc(C=O)cc2c2c3oc(=O)c(C(=O)OC)cc3ccc21. The highest BCUT2D eigenvalue weighted by molar-refractivity contribution is 6.19. The quantitative estimate of drug-likeness (QED) is 0.321. The molecule has 0 fully saturated rings. The fourth-order valence-corrected chi connectivity index (χ4v) is 3.44. The minimum atomic E-state index is -0.749. The number of rotatable bonds is 3. The molecule has 0 aliphatic rings. The predicted octanol–water partition coefficient (Wildman–Crippen LogP) is 3.52. The molecule has 0 atom stereocenters. The van der Waals surface area contributed by atoms with Crippen LogP contribution in [0.4, 0.5) is 0 Å². The second kappa shape index (κ2) is 5.84. The summed E-state index contributed by atoms with van der Waals surface area (Å²) in [5, 5.41) is 2.19. The topological polar surface area (TPSA) is 78.5 Å². The van der Waals surface area contributed by atoms with Crippen molar-refractivity contribution in [1.82, 2.24) is 4.57 Å². The Morgan fingerprint density at radius 3 is 2.65 bits per heavy atom. The number of hydrogen-bond donors (Lipinski definition) is 0. The minimum absolute atomic E-state index is 0.146. The number of methoxy groups -OCH3 is 1. The van der Waals surface area contributed by atoms with Gasteiger partial charge in [-0.05, 0) is 43.3 Å². The van der Waals surface area contributed by atoms with Crippen molar-refractivity contribution in [3.8, 4) is 0 Å². The number of nitrogens with zero attached hydrogens (tertiary/aromatic N) is 1. The van der Waals surface area contributed by atoms with Gasteiger partial charge >= 0.3 is 11.6 Å². The maximum absolute atomic E-state index is 12.3. The molecule has 0 bridgehead atoms. The summed E-state index contributed by atoms with van der Waals surface area (Å²) in [5.41, 5.74) is 1.87. The van der Waals surface area contributed by atoms with E-state index in [1.54, 1.807) is 18.2 Å². The number of carbonyl (C=O) groups excluding carboxylic acids is 2. The number of ether oxygens (including phenoxy) is 1. The van der Waals surface area contributed by atoms with Crippen LogP contribution in [0.5, 0.6) is 0 Å². The molecule has 0 saturated carbocycles. The van der Waals surface area contributed by atoms with Crippen LogP contribution in [0, 0.1) is 0 Å². The molecule has 26 heavy (non-hydrogen) atoms. The van der Waals surface area contributed by atoms with Crippen LogP contribution in [0.25, 0.3) is 32.8 Å². The first-order chi connectivity index (χ1) is 12.6. The van der Waals surface area contributed by atoms with Gasteiger partial charge in [-0.15, -0.1) is 0 Å². The third kappa shape index (κ3) is 2.15. The molecule has 0 aliphatic carbocycles. The maximum atomic E-state index is 12.3. The summed E-state index contributed by atoms with van der Waals surface area (Å²) in [5.74, 6) is -0.736. The lowest BCUT2D eigenvalue weighted by Crippen LogP contribution is -2.14. The second-order valence-corrected chi connectivity index (χ2v) is 5.96. The molecule has 0 spiro atoms. The Hall–Kier alpha value is -3.41. The number of benzene rings is 2. The molecular weight excluding hydrogens is 334 g/mol. The van der Waals surface area contributed by atoms with E-state index in [1.165, 1.54) is 13.2 Å². The summed E-state index contributed by atoms with van der Waals surface area (Å²) in [6.07, 6.45) is 0.783. The van der Waals surface area contributed by atoms with Gasteiger partial charge in [-0.2, -0.15) is 0 Å². The van der Waals surface area contributed by atoms with Crippen LogP contribution in [0.15, 0.2) is 45.6 Å². The lowest BCUT2D eigenvalue weighted by molar-refractivity contribution is 0.0596. The van der Waals surface area contributed by atoms with Gasteiger partial charge in [0.15, 0.2) is 0 Å². The van der Waals surface area contributed by atoms with Crippen LogP contribution in [-0.4, -0.2) is 23.9 Å². The molecule has 6 nitrogen and oxygen atoms in total. The minimum Gasteiger partial charge on any atom is -0.465 e. The van der Waals surface area contributed by atoms with Crippen molar-refractivity contribution >= 4 is 45.0 Å². The van der Waals surface area contributed by atoms with Crippen molar-refractivity contribution in [3.63, 3.8) is 0 Å². The fourth-order valence-electron chi connectivity index (χ4n) is 3.44. The lowest BCUT2D eigenvalue weighted by Gasteiger charge is -2.04. The molecule has 4 rings (SSSR count). The molecular formula is C20H15NO5. The molecule has 130 valence electrons. The van der Waals surface area contributed by atoms with Crippen LogP contribution in [0.2, 0.25) is 0 Å². The van der Waals surface area contributed by atoms with Gasteiger partial charge in [-0.25, -0.2) is 9.59 Å². The summed E-state index contributed by atoms with van der Waals surface area (Å²) < 4.78 is 12.2. The van der Waals surface area contributed by atoms with Gasteiger partial charge in [0.05, 0.1) is 18.0 Å². The largest absolute Gasteiger partial charge is 0.465 e. The number of fused-ring (bicyclic) bond motifs is 5. The molecule has 4 aromatic rings. The summed E-state index contributed by atoms with van der Waals surface area (Å²) in [6, 6.07) is 10.6. The van der Waals surface area contributed by atoms with Crippen molar-refractivity contribution in [2.45, 2.75) is 13.5 Å². The predicted molar refractivity (Wildman–Crippen MR) is 97.9 cm³/mol. The Morgan fingerprint density at radius 2 is 1.96 bits per heavy atom. The maximum Gasteiger partial charge on any atom is 0.351 e. The van der Waals surface area contributed by atoms with E-state index >= 15 is 0 Å². The van der Waals surface area contributed by atoms with Crippen molar-refractivity contribution in [1.29, 1.82) is 0 Å². The van der Waals surface area contributed by atoms with E-state index in [0.29, 0.717) is 16.5 Å². The molecule has 0 aliphatic heterocycles. The van der Waals surface area contributed by atoms with E-state index in [2.05, 4.69) is 9.30 Å². The third-order valence-corrected chi connectivity index (χ3v) is 4.61. The van der Waals surface area contributed by atoms with E-state index in [1.807, 2.05) is 19.1 Å². The van der Waals surface area contributed by atoms with E-state index in [0.717, 1.165) is 34.6 Å². The summed E-state index contributed by atoms with van der Waals surface area (Å²) in [4.78, 5) is 35.2. The van der Waals surface area contributed by atoms with Gasteiger partial charge in [0.2, 0.25) is 0 Å². The highest BCUT2D eigenvalue weighted by Crippen LogP contribution is 2.35. The van der Waals surface area contributed by atoms with Gasteiger partial charge in [0.25, 0.3) is 0 Å². The molecule has 2 heterocycles. The third-order valence-electron chi connectivity index (χ3n) is 4.61. The monoisotopic (exact) mass is 349 g/mol. The standard InChI is InChI=1S/C20H15NO5/c1-3-21-15-6-4-11(10-22)8-13(15)17-16(21)7-5-12-9-14(19(23)25-2)20(24)26-18(12)17/h4-10H,3H2,1-2H3. The van der Waals surface area contributed by atoms with E-state index < -0.39 is 11.6 Å². The average molecular weight is 349 g/mol. The van der Waals surface area contributed by atoms with Crippen molar-refractivity contribution in [3.05, 3.63) is 57.9 Å². The molecule has 0 N–H and O–H groups in total. The Balaban J connectivity index is 2.21. The molecule has 0 amide bonds. The second-order valence-electron chi connectivity index (χ2n) is 5.96. The number of hydrogen-bond acceptors (Lipinski definition) is 5. The summed E-state index contributed by atoms with van der Waals surface area (Å²) in [6.45, 7) is 2.74. The molecule has 2 aromatic carbocycles. The molecule has 0 unspecified atom stereocenters. The summed E-state index contributed by atoms with van der Waals surface area (Å²) >= 11 is 0. The number of aromatic nitrogens is 1. The zero-order chi connectivity index (χ0) is 18.4. The molecule has 0 saturated heterocycles. The van der Waals surface area contributed by atoms with Gasteiger partial charge in [-0.3, -0.25) is 4.79 Å². The lowest BCUT2D eigenvalue weighted by atomic mass is 10.1. The first-order valence-electron chi connectivity index (χ1n) is 8.15. The highest BCUT2D eigenvalue weighted by Gasteiger charge is 2.19. The smallest absolute Gasteiger partial charge is 0.351 e. The number of aryl methyl sites for hydroxylation is 1. The number of carbonyl (C=O) groups is 2. The Kier molecular flexibility index (Phi) is 3.61. The van der Waals surface area contributed by atoms with Crippen molar-refractivity contribution in [2.24, 2.45) is 0 Å². The van der Waals surface area contributed by atoms with Crippen molar-refractivity contribution < 1.29 is 18.7 Å². The van der Waals surface area contributed by atoms with Crippen molar-refractivity contribution in [2.75, 3.05) is 7.11 Å². The highest BCUT2D eigenvalue weighted by atomic mass is 16.5. The average Bonchev–Trinajstić information content (AvgIpc) is 2.99. The number of esters is 1. The Morgan fingerprint density at radius 1 is 1.19 bits per heavy atom. The van der Waals surface area contributed by atoms with E-state index in [-0.39, 0.29) is 5.56 Å². The van der Waals surface area contributed by atoms with Gasteiger partial charge in [0, 0.05) is 28.4 Å². The van der Waals surface area contributed by atoms with Gasteiger partial charge in [-0.1, -0.05) is 0 Å². The van der Waals surface area contributed by atoms with Crippen LogP contribution in [0.1, 0.15) is 27.6 Å². The Labute approximate surface area is 147 Å². The van der Waals surface area contributed by atoms with Gasteiger partial charge in [0.1, 0.15) is 17.4 Å². The van der Waals surface area contributed by atoms with Crippen LogP contribution in [0.3, 0.4) is 0 Å². The van der Waals surface area contributed by atoms with Crippen LogP contribution >= 0.6 is 0 Å². The van der Waals surface area contributed by atoms with Gasteiger partial charge < -0.3 is 13.7 Å². The molecule has 0 radical (unpaired) electrons. The van der Waals surface area contributed by atoms with E-state index in [9.17, 15) is 14.4 Å². The first-order valence-corrected chi connectivity index (χ1v) is 8.15. The van der Waals surface area contributed by atoms with E-state index in [4.69, 9.17) is 4.42 Å². The van der Waals surface area contributed by atoms with Crippen LogP contribution < -0.4 is 5.63 Å². The zero-order valence-electron chi connectivity index (χ0n) is 14.2. The fraction of sp³-hybridized carbons (Fsp3) is 0.150.